The highest BCUT2D eigenvalue weighted by atomic mass is 32.2. The van der Waals surface area contributed by atoms with Crippen LogP contribution in [0.2, 0.25) is 0 Å². The summed E-state index contributed by atoms with van der Waals surface area (Å²) in [6.07, 6.45) is 3.36. The van der Waals surface area contributed by atoms with Gasteiger partial charge in [-0.3, -0.25) is 4.99 Å². The fraction of sp³-hybridized carbons (Fsp3) is 0.389. The highest BCUT2D eigenvalue weighted by Crippen LogP contribution is 2.42. The number of aliphatic imine (C=N–C) groups is 1. The van der Waals surface area contributed by atoms with Gasteiger partial charge in [0.15, 0.2) is 0 Å². The summed E-state index contributed by atoms with van der Waals surface area (Å²) in [6.45, 7) is 7.61. The molecule has 0 N–H and O–H groups in total. The van der Waals surface area contributed by atoms with E-state index in [1.807, 2.05) is 18.8 Å². The van der Waals surface area contributed by atoms with E-state index >= 15 is 0 Å². The molecular weight excluding hydrogens is 276 g/mol. The molecule has 2 nitrogen and oxygen atoms in total. The van der Waals surface area contributed by atoms with Crippen molar-refractivity contribution in [3.05, 3.63) is 52.1 Å². The summed E-state index contributed by atoms with van der Waals surface area (Å²) in [5.74, 6) is 0. The molecule has 1 aliphatic rings. The standard InChI is InChI=1S/C18H24N2S/c1-6-10-20(5)14(3)18-16(19-4)12-17(21-18)15-9-7-8-13(2)11-15/h7-9,11-12H,6,10H2,1-5H3/b18-14-,19-16?. The van der Waals surface area contributed by atoms with Crippen molar-refractivity contribution in [1.82, 2.24) is 4.90 Å². The molecule has 1 aromatic rings. The van der Waals surface area contributed by atoms with Crippen molar-refractivity contribution in [2.75, 3.05) is 20.6 Å². The fourth-order valence-corrected chi connectivity index (χ4v) is 3.62. The average molecular weight is 300 g/mol. The van der Waals surface area contributed by atoms with Crippen LogP contribution in [0.25, 0.3) is 4.91 Å². The first-order valence-corrected chi connectivity index (χ1v) is 8.24. The molecule has 0 amide bonds. The Labute approximate surface area is 132 Å². The lowest BCUT2D eigenvalue weighted by Gasteiger charge is -2.21. The summed E-state index contributed by atoms with van der Waals surface area (Å²) >= 11 is 1.84. The fourth-order valence-electron chi connectivity index (χ4n) is 2.42. The molecule has 0 bridgehead atoms. The van der Waals surface area contributed by atoms with Gasteiger partial charge in [0.25, 0.3) is 0 Å². The summed E-state index contributed by atoms with van der Waals surface area (Å²) < 4.78 is 0. The molecule has 112 valence electrons. The van der Waals surface area contributed by atoms with E-state index in [1.165, 1.54) is 26.6 Å². The van der Waals surface area contributed by atoms with E-state index in [0.29, 0.717) is 0 Å². The molecule has 0 fully saturated rings. The normalized spacial score (nSPS) is 18.9. The predicted octanol–water partition coefficient (Wildman–Crippen LogP) is 4.73. The first-order valence-electron chi connectivity index (χ1n) is 7.42. The zero-order valence-corrected chi connectivity index (χ0v) is 14.4. The zero-order valence-electron chi connectivity index (χ0n) is 13.6. The van der Waals surface area contributed by atoms with Crippen LogP contribution in [0, 0.1) is 6.92 Å². The Balaban J connectivity index is 2.33. The molecule has 21 heavy (non-hydrogen) atoms. The van der Waals surface area contributed by atoms with Crippen LogP contribution in [0.3, 0.4) is 0 Å². The van der Waals surface area contributed by atoms with Gasteiger partial charge in [0, 0.05) is 31.2 Å². The minimum absolute atomic E-state index is 1.08. The number of benzene rings is 1. The van der Waals surface area contributed by atoms with Crippen LogP contribution in [0.1, 0.15) is 31.4 Å². The lowest BCUT2D eigenvalue weighted by atomic mass is 10.1. The number of allylic oxidation sites excluding steroid dienone is 3. The summed E-state index contributed by atoms with van der Waals surface area (Å²) in [6, 6.07) is 8.66. The van der Waals surface area contributed by atoms with Gasteiger partial charge in [-0.05, 0) is 31.9 Å². The van der Waals surface area contributed by atoms with E-state index in [2.05, 4.69) is 68.1 Å². The second-order valence-electron chi connectivity index (χ2n) is 5.43. The number of hydrogen-bond acceptors (Lipinski definition) is 3. The van der Waals surface area contributed by atoms with Gasteiger partial charge in [0.05, 0.1) is 10.6 Å². The van der Waals surface area contributed by atoms with Crippen LogP contribution in [0.15, 0.2) is 45.9 Å². The molecule has 0 radical (unpaired) electrons. The quantitative estimate of drug-likeness (QED) is 0.799. The Bertz CT molecular complexity index is 611. The molecule has 0 saturated heterocycles. The maximum atomic E-state index is 4.47. The Morgan fingerprint density at radius 2 is 2.10 bits per heavy atom. The minimum Gasteiger partial charge on any atom is -0.377 e. The molecule has 3 heteroatoms. The van der Waals surface area contributed by atoms with Gasteiger partial charge in [-0.1, -0.05) is 48.5 Å². The van der Waals surface area contributed by atoms with E-state index in [1.54, 1.807) is 0 Å². The smallest absolute Gasteiger partial charge is 0.0739 e. The Morgan fingerprint density at radius 3 is 2.71 bits per heavy atom. The number of hydrogen-bond donors (Lipinski definition) is 0. The first-order chi connectivity index (χ1) is 10.1. The van der Waals surface area contributed by atoms with Gasteiger partial charge >= 0.3 is 0 Å². The Kier molecular flexibility index (Phi) is 5.29. The van der Waals surface area contributed by atoms with Crippen molar-refractivity contribution in [1.29, 1.82) is 0 Å². The summed E-state index contributed by atoms with van der Waals surface area (Å²) in [7, 11) is 4.03. The number of rotatable bonds is 4. The number of aryl methyl sites for hydroxylation is 1. The largest absolute Gasteiger partial charge is 0.377 e. The van der Waals surface area contributed by atoms with Crippen molar-refractivity contribution < 1.29 is 0 Å². The SMILES string of the molecule is CCCN(C)/C(C)=C1\SC(c2cccc(C)c2)=CC1=NC. The maximum Gasteiger partial charge on any atom is 0.0739 e. The molecular formula is C18H24N2S. The lowest BCUT2D eigenvalue weighted by molar-refractivity contribution is 0.417. The minimum atomic E-state index is 1.08. The van der Waals surface area contributed by atoms with Crippen LogP contribution < -0.4 is 0 Å². The molecule has 0 atom stereocenters. The molecule has 0 aromatic heterocycles. The molecule has 0 unspecified atom stereocenters. The van der Waals surface area contributed by atoms with Gasteiger partial charge in [0.2, 0.25) is 0 Å². The van der Waals surface area contributed by atoms with Crippen molar-refractivity contribution >= 4 is 22.4 Å². The Hall–Kier alpha value is -1.48. The van der Waals surface area contributed by atoms with Gasteiger partial charge in [-0.2, -0.15) is 0 Å². The molecule has 0 saturated carbocycles. The molecule has 1 heterocycles. The second kappa shape index (κ2) is 6.99. The topological polar surface area (TPSA) is 15.6 Å². The van der Waals surface area contributed by atoms with Crippen LogP contribution in [0.5, 0.6) is 0 Å². The summed E-state index contributed by atoms with van der Waals surface area (Å²) in [4.78, 5) is 9.36. The summed E-state index contributed by atoms with van der Waals surface area (Å²) in [5.41, 5.74) is 4.97. The lowest BCUT2D eigenvalue weighted by Crippen LogP contribution is -2.18. The summed E-state index contributed by atoms with van der Waals surface area (Å²) in [5, 5.41) is 0. The molecule has 2 rings (SSSR count). The van der Waals surface area contributed by atoms with Crippen LogP contribution >= 0.6 is 11.8 Å². The van der Waals surface area contributed by atoms with E-state index in [9.17, 15) is 0 Å². The highest BCUT2D eigenvalue weighted by Gasteiger charge is 2.22. The maximum absolute atomic E-state index is 4.47. The van der Waals surface area contributed by atoms with Crippen molar-refractivity contribution in [3.63, 3.8) is 0 Å². The molecule has 0 spiro atoms. The van der Waals surface area contributed by atoms with E-state index in [0.717, 1.165) is 18.7 Å². The molecule has 0 aliphatic carbocycles. The van der Waals surface area contributed by atoms with Gasteiger partial charge in [-0.25, -0.2) is 0 Å². The highest BCUT2D eigenvalue weighted by molar-refractivity contribution is 8.13. The van der Waals surface area contributed by atoms with Crippen LogP contribution in [-0.4, -0.2) is 31.3 Å². The van der Waals surface area contributed by atoms with Gasteiger partial charge < -0.3 is 4.90 Å². The van der Waals surface area contributed by atoms with Crippen molar-refractivity contribution in [2.24, 2.45) is 4.99 Å². The third-order valence-corrected chi connectivity index (χ3v) is 5.00. The Morgan fingerprint density at radius 1 is 1.33 bits per heavy atom. The van der Waals surface area contributed by atoms with E-state index in [4.69, 9.17) is 0 Å². The first kappa shape index (κ1) is 15.9. The monoisotopic (exact) mass is 300 g/mol. The number of thioether (sulfide) groups is 1. The van der Waals surface area contributed by atoms with Crippen molar-refractivity contribution in [3.8, 4) is 0 Å². The third-order valence-electron chi connectivity index (χ3n) is 3.72. The van der Waals surface area contributed by atoms with Gasteiger partial charge in [0.1, 0.15) is 0 Å². The second-order valence-corrected chi connectivity index (χ2v) is 6.48. The third kappa shape index (κ3) is 3.59. The average Bonchev–Trinajstić information content (AvgIpc) is 2.91. The van der Waals surface area contributed by atoms with E-state index < -0.39 is 0 Å². The van der Waals surface area contributed by atoms with Gasteiger partial charge in [-0.15, -0.1) is 0 Å². The van der Waals surface area contributed by atoms with Crippen molar-refractivity contribution in [2.45, 2.75) is 27.2 Å². The number of nitrogens with zero attached hydrogens (tertiary/aromatic N) is 2. The van der Waals surface area contributed by atoms with Crippen LogP contribution in [0.4, 0.5) is 0 Å². The predicted molar refractivity (Wildman–Crippen MR) is 95.7 cm³/mol. The van der Waals surface area contributed by atoms with E-state index in [-0.39, 0.29) is 0 Å². The molecule has 1 aliphatic heterocycles. The zero-order chi connectivity index (χ0) is 15.4. The van der Waals surface area contributed by atoms with Crippen LogP contribution in [-0.2, 0) is 0 Å². The molecule has 1 aromatic carbocycles.